The molecule has 1 heterocycles. The Morgan fingerprint density at radius 3 is 1.89 bits per heavy atom. The molecule has 1 fully saturated rings. The van der Waals surface area contributed by atoms with Crippen molar-refractivity contribution < 1.29 is 72.2 Å². The van der Waals surface area contributed by atoms with Gasteiger partial charge in [-0.2, -0.15) is 34.8 Å². The maximum Gasteiger partial charge on any atom is 0.416 e. The molecule has 5 aromatic carbocycles. The lowest BCUT2D eigenvalue weighted by Crippen LogP contribution is -2.50. The fourth-order valence-electron chi connectivity index (χ4n) is 7.60. The molecule has 1 aliphatic rings. The van der Waals surface area contributed by atoms with Gasteiger partial charge in [-0.05, 0) is 74.4 Å². The Labute approximate surface area is 377 Å². The fraction of sp³-hybridized carbons (Fsp3) is 0.265. The van der Waals surface area contributed by atoms with E-state index in [0.29, 0.717) is 16.7 Å². The predicted octanol–water partition coefficient (Wildman–Crippen LogP) is 11.2. The van der Waals surface area contributed by atoms with E-state index in [1.807, 2.05) is 0 Å². The quantitative estimate of drug-likeness (QED) is 0.0276. The summed E-state index contributed by atoms with van der Waals surface area (Å²) in [5, 5.41) is 0. The van der Waals surface area contributed by atoms with E-state index in [-0.39, 0.29) is 53.9 Å². The molecule has 17 heteroatoms. The number of halogens is 6. The maximum atomic E-state index is 13.8. The highest BCUT2D eigenvalue weighted by atomic mass is 32.2. The van der Waals surface area contributed by atoms with Crippen LogP contribution < -0.4 is 9.47 Å². The Hall–Kier alpha value is -6.27. The second-order valence-electron chi connectivity index (χ2n) is 15.1. The van der Waals surface area contributed by atoms with Crippen LogP contribution in [0.15, 0.2) is 152 Å². The van der Waals surface area contributed by atoms with E-state index < -0.39 is 93.5 Å². The molecule has 0 radical (unpaired) electrons. The summed E-state index contributed by atoms with van der Waals surface area (Å²) in [6, 6.07) is 27.6. The van der Waals surface area contributed by atoms with E-state index in [4.69, 9.17) is 27.9 Å². The van der Waals surface area contributed by atoms with Gasteiger partial charge in [0.25, 0.3) is 10.1 Å². The van der Waals surface area contributed by atoms with Crippen LogP contribution >= 0.6 is 0 Å². The van der Waals surface area contributed by atoms with E-state index in [9.17, 15) is 44.3 Å². The van der Waals surface area contributed by atoms with Crippen LogP contribution in [0.1, 0.15) is 81.0 Å². The average molecular weight is 939 g/mol. The topological polar surface area (TPSA) is 124 Å². The van der Waals surface area contributed by atoms with Gasteiger partial charge in [0.15, 0.2) is 17.8 Å². The second kappa shape index (κ2) is 20.5. The number of esters is 2. The van der Waals surface area contributed by atoms with Crippen molar-refractivity contribution in [2.75, 3.05) is 13.2 Å². The van der Waals surface area contributed by atoms with Crippen molar-refractivity contribution in [3.05, 3.63) is 186 Å². The predicted molar refractivity (Wildman–Crippen MR) is 229 cm³/mol. The van der Waals surface area contributed by atoms with Gasteiger partial charge in [0, 0.05) is 23.5 Å². The lowest BCUT2D eigenvalue weighted by atomic mass is 9.78. The van der Waals surface area contributed by atoms with Gasteiger partial charge >= 0.3 is 24.3 Å². The molecule has 0 bridgehead atoms. The number of carbonyl (C=O) groups is 2. The van der Waals surface area contributed by atoms with E-state index in [2.05, 4.69) is 13.2 Å². The molecule has 5 aromatic rings. The van der Waals surface area contributed by atoms with Gasteiger partial charge in [0.05, 0.1) is 39.9 Å². The molecule has 10 nitrogen and oxygen atoms in total. The molecule has 6 rings (SSSR count). The number of rotatable bonds is 18. The van der Waals surface area contributed by atoms with E-state index in [1.54, 1.807) is 97.9 Å². The zero-order chi connectivity index (χ0) is 47.9. The molecule has 0 aliphatic carbocycles. The average Bonchev–Trinajstić information content (AvgIpc) is 3.65. The third kappa shape index (κ3) is 11.4. The third-order valence-electron chi connectivity index (χ3n) is 10.5. The molecule has 1 saturated heterocycles. The number of hydrogen-bond acceptors (Lipinski definition) is 10. The Bertz CT molecular complexity index is 2590. The van der Waals surface area contributed by atoms with Gasteiger partial charge in [-0.1, -0.05) is 84.9 Å². The summed E-state index contributed by atoms with van der Waals surface area (Å²) in [6.07, 6.45) is -12.2. The number of alkyl halides is 6. The molecule has 0 N–H and O–H groups in total. The van der Waals surface area contributed by atoms with Crippen molar-refractivity contribution in [2.24, 2.45) is 0 Å². The Morgan fingerprint density at radius 1 is 0.803 bits per heavy atom. The van der Waals surface area contributed by atoms with Crippen LogP contribution in [0.2, 0.25) is 0 Å². The van der Waals surface area contributed by atoms with Crippen molar-refractivity contribution in [1.29, 1.82) is 0 Å². The van der Waals surface area contributed by atoms with Crippen LogP contribution in [0.3, 0.4) is 0 Å². The normalized spacial score (nSPS) is 18.5. The van der Waals surface area contributed by atoms with Crippen LogP contribution in [0, 0.1) is 0 Å². The number of benzene rings is 5. The van der Waals surface area contributed by atoms with E-state index >= 15 is 0 Å². The first-order valence-electron chi connectivity index (χ1n) is 20.4. The molecule has 0 aromatic heterocycles. The second-order valence-corrected chi connectivity index (χ2v) is 16.7. The van der Waals surface area contributed by atoms with E-state index in [1.165, 1.54) is 31.2 Å². The van der Waals surface area contributed by atoms with Gasteiger partial charge in [0.1, 0.15) is 18.3 Å². The summed E-state index contributed by atoms with van der Waals surface area (Å²) < 4.78 is 147. The highest BCUT2D eigenvalue weighted by Gasteiger charge is 2.55. The van der Waals surface area contributed by atoms with Crippen molar-refractivity contribution in [1.82, 2.24) is 0 Å². The molecule has 5 atom stereocenters. The zero-order valence-corrected chi connectivity index (χ0v) is 36.3. The minimum atomic E-state index is -5.38. The summed E-state index contributed by atoms with van der Waals surface area (Å²) in [6.45, 7) is 10.4. The van der Waals surface area contributed by atoms with E-state index in [0.717, 1.165) is 0 Å². The Balaban J connectivity index is 1.48. The van der Waals surface area contributed by atoms with Crippen LogP contribution in [0.5, 0.6) is 11.5 Å². The minimum absolute atomic E-state index is 0.0454. The number of carbonyl (C=O) groups excluding carboxylic acids is 2. The summed E-state index contributed by atoms with van der Waals surface area (Å²) in [4.78, 5) is 25.5. The SMILES string of the molecule is C=CCc1c([C@@H](C=C)[C@@H]2O[C@H](c3ccccc3)O[C@]2(COC(=O)c2ccccc2)C[C@H](C)OS(=O)(=O)c2cc(C(F)(F)F)cc(C(F)(F)F)c2)ccc(OC(=O)c2ccccc2)c1OCC. The first-order valence-corrected chi connectivity index (χ1v) is 21.8. The Morgan fingerprint density at radius 2 is 1.36 bits per heavy atom. The molecule has 0 saturated carbocycles. The number of ether oxygens (including phenoxy) is 5. The summed E-state index contributed by atoms with van der Waals surface area (Å²) in [5.41, 5.74) is -3.85. The minimum Gasteiger partial charge on any atom is -0.490 e. The first kappa shape index (κ1) is 49.2. The van der Waals surface area contributed by atoms with Gasteiger partial charge in [-0.25, -0.2) is 9.59 Å². The molecule has 0 amide bonds. The lowest BCUT2D eigenvalue weighted by molar-refractivity contribution is -0.143. The fourth-order valence-corrected chi connectivity index (χ4v) is 8.75. The molecule has 348 valence electrons. The first-order chi connectivity index (χ1) is 31.3. The van der Waals surface area contributed by atoms with Crippen LogP contribution in [0.25, 0.3) is 0 Å². The highest BCUT2D eigenvalue weighted by Crippen LogP contribution is 2.50. The monoisotopic (exact) mass is 938 g/mol. The van der Waals surface area contributed by atoms with Crippen LogP contribution in [0.4, 0.5) is 26.3 Å². The lowest BCUT2D eigenvalue weighted by Gasteiger charge is -2.37. The van der Waals surface area contributed by atoms with Crippen molar-refractivity contribution >= 4 is 22.1 Å². The van der Waals surface area contributed by atoms with Gasteiger partial charge < -0.3 is 23.7 Å². The number of allylic oxidation sites excluding steroid dienone is 1. The smallest absolute Gasteiger partial charge is 0.416 e. The molecule has 1 aliphatic heterocycles. The summed E-state index contributed by atoms with van der Waals surface area (Å²) in [5.74, 6) is -2.22. The number of hydrogen-bond donors (Lipinski definition) is 0. The maximum absolute atomic E-state index is 13.8. The standard InChI is InChI=1S/C49H44F6O10S/c1-5-17-40-39(24-25-41(42(40)60-7-3)62-45(57)33-20-13-9-14-21-33)38(6-2)43-47(30-61-44(56)32-18-11-8-12-19-32,64-46(63-43)34-22-15-10-16-23-34)29-31(4)65-66(58,59)37-27-35(48(50,51)52)26-36(28-37)49(53,54)55/h5-6,8-16,18-28,31,38,43,46H,1-2,7,17,29-30H2,3-4H3/t31-,38+,43-,46-,47-/m0/s1. The Kier molecular flexibility index (Phi) is 15.3. The van der Waals surface area contributed by atoms with Crippen LogP contribution in [-0.2, 0) is 47.3 Å². The molecule has 0 spiro atoms. The van der Waals surface area contributed by atoms with Crippen molar-refractivity contribution in [2.45, 2.75) is 74.0 Å². The molecular weight excluding hydrogens is 895 g/mol. The van der Waals surface area contributed by atoms with Crippen molar-refractivity contribution in [3.8, 4) is 11.5 Å². The van der Waals surface area contributed by atoms with Gasteiger partial charge in [0.2, 0.25) is 0 Å². The van der Waals surface area contributed by atoms with Crippen molar-refractivity contribution in [3.63, 3.8) is 0 Å². The summed E-state index contributed by atoms with van der Waals surface area (Å²) in [7, 11) is -5.38. The molecule has 0 unspecified atom stereocenters. The zero-order valence-electron chi connectivity index (χ0n) is 35.5. The van der Waals surface area contributed by atoms with Gasteiger partial charge in [-0.3, -0.25) is 4.18 Å². The largest absolute Gasteiger partial charge is 0.490 e. The highest BCUT2D eigenvalue weighted by molar-refractivity contribution is 7.86. The molecular formula is C49H44F6O10S. The summed E-state index contributed by atoms with van der Waals surface area (Å²) >= 11 is 0. The third-order valence-corrected chi connectivity index (χ3v) is 11.9. The van der Waals surface area contributed by atoms with Gasteiger partial charge in [-0.15, -0.1) is 13.2 Å². The van der Waals surface area contributed by atoms with Crippen LogP contribution in [-0.4, -0.2) is 51.4 Å². The molecule has 66 heavy (non-hydrogen) atoms.